The van der Waals surface area contributed by atoms with Gasteiger partial charge in [0.05, 0.1) is 5.69 Å². The molecular formula is C9H9ClF3NO2. The molecule has 1 atom stereocenters. The van der Waals surface area contributed by atoms with Crippen molar-refractivity contribution in [3.8, 4) is 5.75 Å². The van der Waals surface area contributed by atoms with Crippen LogP contribution in [0.4, 0.5) is 18.9 Å². The van der Waals surface area contributed by atoms with Gasteiger partial charge in [-0.25, -0.2) is 0 Å². The molecule has 0 radical (unpaired) electrons. The molecule has 0 amide bonds. The zero-order valence-corrected chi connectivity index (χ0v) is 8.68. The molecule has 3 N–H and O–H groups in total. The van der Waals surface area contributed by atoms with Gasteiger partial charge in [0, 0.05) is 11.6 Å². The molecule has 7 heteroatoms. The molecule has 0 bridgehead atoms. The van der Waals surface area contributed by atoms with E-state index in [9.17, 15) is 18.3 Å². The number of aliphatic hydroxyl groups excluding tert-OH is 1. The molecule has 1 rings (SSSR count). The molecule has 0 aliphatic heterocycles. The second-order valence-corrected chi connectivity index (χ2v) is 3.54. The number of hydrogen-bond acceptors (Lipinski definition) is 3. The van der Waals surface area contributed by atoms with Crippen LogP contribution in [0.3, 0.4) is 0 Å². The van der Waals surface area contributed by atoms with E-state index in [1.807, 2.05) is 0 Å². The largest absolute Gasteiger partial charge is 0.506 e. The van der Waals surface area contributed by atoms with Gasteiger partial charge in [-0.1, -0.05) is 11.6 Å². The van der Waals surface area contributed by atoms with Crippen molar-refractivity contribution in [2.75, 3.05) is 11.9 Å². The van der Waals surface area contributed by atoms with Gasteiger partial charge in [-0.3, -0.25) is 0 Å². The lowest BCUT2D eigenvalue weighted by Gasteiger charge is -2.16. The Morgan fingerprint density at radius 2 is 2.00 bits per heavy atom. The highest BCUT2D eigenvalue weighted by atomic mass is 35.5. The molecule has 90 valence electrons. The summed E-state index contributed by atoms with van der Waals surface area (Å²) in [7, 11) is 0. The Bertz CT molecular complexity index is 370. The smallest absolute Gasteiger partial charge is 0.416 e. The number of aliphatic hydroxyl groups is 1. The predicted molar refractivity (Wildman–Crippen MR) is 53.7 cm³/mol. The summed E-state index contributed by atoms with van der Waals surface area (Å²) >= 11 is 5.59. The van der Waals surface area contributed by atoms with Crippen LogP contribution in [-0.4, -0.2) is 29.0 Å². The van der Waals surface area contributed by atoms with Crippen molar-refractivity contribution in [2.24, 2.45) is 0 Å². The fraction of sp³-hybridized carbons (Fsp3) is 0.333. The van der Waals surface area contributed by atoms with Gasteiger partial charge in [-0.15, -0.1) is 0 Å². The zero-order valence-electron chi connectivity index (χ0n) is 7.92. The Balaban J connectivity index is 2.64. The topological polar surface area (TPSA) is 52.5 Å². The Labute approximate surface area is 94.5 Å². The van der Waals surface area contributed by atoms with Crippen LogP contribution in [0.2, 0.25) is 5.02 Å². The number of phenolic OH excluding ortho intramolecular Hbond substituents is 1. The van der Waals surface area contributed by atoms with Gasteiger partial charge in [-0.2, -0.15) is 13.2 Å². The molecular weight excluding hydrogens is 247 g/mol. The minimum absolute atomic E-state index is 0.0378. The Morgan fingerprint density at radius 3 is 2.56 bits per heavy atom. The van der Waals surface area contributed by atoms with Gasteiger partial charge >= 0.3 is 6.18 Å². The molecule has 3 nitrogen and oxygen atoms in total. The Kier molecular flexibility index (Phi) is 3.88. The number of hydrogen-bond donors (Lipinski definition) is 3. The number of aromatic hydroxyl groups is 1. The maximum Gasteiger partial charge on any atom is 0.416 e. The minimum atomic E-state index is -4.69. The number of halogens is 4. The van der Waals surface area contributed by atoms with Gasteiger partial charge in [0.25, 0.3) is 0 Å². The van der Waals surface area contributed by atoms with Crippen LogP contribution in [0.5, 0.6) is 5.75 Å². The van der Waals surface area contributed by atoms with Crippen LogP contribution in [0.25, 0.3) is 0 Å². The van der Waals surface area contributed by atoms with Crippen LogP contribution in [-0.2, 0) is 0 Å². The lowest BCUT2D eigenvalue weighted by molar-refractivity contribution is -0.198. The summed E-state index contributed by atoms with van der Waals surface area (Å²) in [5.41, 5.74) is 0.0378. The van der Waals surface area contributed by atoms with Crippen molar-refractivity contribution in [2.45, 2.75) is 12.3 Å². The number of anilines is 1. The molecule has 0 aliphatic rings. The van der Waals surface area contributed by atoms with Crippen molar-refractivity contribution >= 4 is 17.3 Å². The molecule has 0 aliphatic carbocycles. The first-order valence-electron chi connectivity index (χ1n) is 4.28. The third kappa shape index (κ3) is 3.46. The predicted octanol–water partition coefficient (Wildman–Crippen LogP) is 2.38. The SMILES string of the molecule is Oc1ccc(Cl)cc1NCC(O)C(F)(F)F. The molecule has 0 saturated heterocycles. The van der Waals surface area contributed by atoms with E-state index in [1.54, 1.807) is 0 Å². The zero-order chi connectivity index (χ0) is 12.3. The van der Waals surface area contributed by atoms with Crippen LogP contribution in [0.15, 0.2) is 18.2 Å². The van der Waals surface area contributed by atoms with Crippen molar-refractivity contribution in [1.29, 1.82) is 0 Å². The summed E-state index contributed by atoms with van der Waals surface area (Å²) in [6, 6.07) is 3.90. The molecule has 1 aromatic rings. The van der Waals surface area contributed by atoms with Gasteiger partial charge in [0.15, 0.2) is 6.10 Å². The van der Waals surface area contributed by atoms with E-state index >= 15 is 0 Å². The first-order valence-corrected chi connectivity index (χ1v) is 4.65. The summed E-state index contributed by atoms with van der Waals surface area (Å²) in [5, 5.41) is 20.5. The fourth-order valence-electron chi connectivity index (χ4n) is 0.972. The van der Waals surface area contributed by atoms with E-state index in [1.165, 1.54) is 18.2 Å². The van der Waals surface area contributed by atoms with Crippen molar-refractivity contribution in [1.82, 2.24) is 0 Å². The summed E-state index contributed by atoms with van der Waals surface area (Å²) in [6.07, 6.45) is -7.19. The van der Waals surface area contributed by atoms with Crippen LogP contribution in [0.1, 0.15) is 0 Å². The highest BCUT2D eigenvalue weighted by Gasteiger charge is 2.37. The van der Waals surface area contributed by atoms with Crippen LogP contribution in [0, 0.1) is 0 Å². The van der Waals surface area contributed by atoms with Gasteiger partial charge in [-0.05, 0) is 18.2 Å². The third-order valence-electron chi connectivity index (χ3n) is 1.82. The number of nitrogens with one attached hydrogen (secondary N) is 1. The summed E-state index contributed by atoms with van der Waals surface area (Å²) in [5.74, 6) is -0.237. The third-order valence-corrected chi connectivity index (χ3v) is 2.06. The number of alkyl halides is 3. The average molecular weight is 256 g/mol. The number of benzene rings is 1. The number of phenols is 1. The Hall–Kier alpha value is -1.14. The monoisotopic (exact) mass is 255 g/mol. The molecule has 0 heterocycles. The first kappa shape index (κ1) is 12.9. The van der Waals surface area contributed by atoms with E-state index in [4.69, 9.17) is 16.7 Å². The molecule has 16 heavy (non-hydrogen) atoms. The number of rotatable bonds is 3. The van der Waals surface area contributed by atoms with E-state index in [-0.39, 0.29) is 16.5 Å². The van der Waals surface area contributed by atoms with Crippen molar-refractivity contribution in [3.63, 3.8) is 0 Å². The van der Waals surface area contributed by atoms with Crippen molar-refractivity contribution in [3.05, 3.63) is 23.2 Å². The second-order valence-electron chi connectivity index (χ2n) is 3.10. The molecule has 0 saturated carbocycles. The maximum atomic E-state index is 12.0. The van der Waals surface area contributed by atoms with E-state index < -0.39 is 18.8 Å². The van der Waals surface area contributed by atoms with E-state index in [0.717, 1.165) is 0 Å². The standard InChI is InChI=1S/C9H9ClF3NO2/c10-5-1-2-7(15)6(3-5)14-4-8(16)9(11,12)13/h1-3,8,14-16H,4H2. The first-order chi connectivity index (χ1) is 7.30. The minimum Gasteiger partial charge on any atom is -0.506 e. The summed E-state index contributed by atoms with van der Waals surface area (Å²) in [4.78, 5) is 0. The van der Waals surface area contributed by atoms with Crippen LogP contribution < -0.4 is 5.32 Å². The van der Waals surface area contributed by atoms with E-state index in [0.29, 0.717) is 0 Å². The molecule has 1 aromatic carbocycles. The van der Waals surface area contributed by atoms with E-state index in [2.05, 4.69) is 5.32 Å². The average Bonchev–Trinajstić information content (AvgIpc) is 2.17. The molecule has 0 spiro atoms. The van der Waals surface area contributed by atoms with Crippen LogP contribution >= 0.6 is 11.6 Å². The molecule has 0 aromatic heterocycles. The normalized spacial score (nSPS) is 13.6. The van der Waals surface area contributed by atoms with Gasteiger partial charge in [0.2, 0.25) is 0 Å². The lowest BCUT2D eigenvalue weighted by Crippen LogP contribution is -2.35. The molecule has 0 fully saturated rings. The summed E-state index contributed by atoms with van der Waals surface area (Å²) in [6.45, 7) is -0.753. The highest BCUT2D eigenvalue weighted by Crippen LogP contribution is 2.27. The Morgan fingerprint density at radius 1 is 1.38 bits per heavy atom. The molecule has 1 unspecified atom stereocenters. The maximum absolute atomic E-state index is 12.0. The van der Waals surface area contributed by atoms with Gasteiger partial charge in [0.1, 0.15) is 5.75 Å². The quantitative estimate of drug-likeness (QED) is 0.727. The van der Waals surface area contributed by atoms with Crippen molar-refractivity contribution < 1.29 is 23.4 Å². The fourth-order valence-corrected chi connectivity index (χ4v) is 1.14. The summed E-state index contributed by atoms with van der Waals surface area (Å²) < 4.78 is 35.9. The van der Waals surface area contributed by atoms with Gasteiger partial charge < -0.3 is 15.5 Å². The highest BCUT2D eigenvalue weighted by molar-refractivity contribution is 6.30. The second kappa shape index (κ2) is 4.80. The lowest BCUT2D eigenvalue weighted by atomic mass is 10.2.